The zero-order valence-corrected chi connectivity index (χ0v) is 13.2. The van der Waals surface area contributed by atoms with Gasteiger partial charge in [-0.15, -0.1) is 0 Å². The topological polar surface area (TPSA) is 30.5 Å². The molecule has 2 unspecified atom stereocenters. The Morgan fingerprint density at radius 1 is 1.19 bits per heavy atom. The van der Waals surface area contributed by atoms with Crippen molar-refractivity contribution < 1.29 is 18.3 Å². The summed E-state index contributed by atoms with van der Waals surface area (Å²) in [6.07, 6.45) is 2.04. The van der Waals surface area contributed by atoms with Gasteiger partial charge in [0.2, 0.25) is 0 Å². The molecule has 118 valence electrons. The highest BCUT2D eigenvalue weighted by Crippen LogP contribution is 2.37. The molecule has 0 amide bonds. The summed E-state index contributed by atoms with van der Waals surface area (Å²) < 4.78 is 34.5. The second kappa shape index (κ2) is 6.99. The molecule has 2 rings (SSSR count). The molecular formula is C14H17Cl2F2NO2. The second-order valence-electron chi connectivity index (χ2n) is 5.22. The zero-order chi connectivity index (χ0) is 15.6. The van der Waals surface area contributed by atoms with Crippen molar-refractivity contribution in [3.05, 3.63) is 22.2 Å². The van der Waals surface area contributed by atoms with E-state index in [4.69, 9.17) is 27.9 Å². The normalized spacial score (nSPS) is 26.0. The van der Waals surface area contributed by atoms with E-state index in [0.29, 0.717) is 5.69 Å². The van der Waals surface area contributed by atoms with Crippen LogP contribution in [-0.2, 0) is 4.74 Å². The number of anilines is 1. The lowest BCUT2D eigenvalue weighted by atomic mass is 9.99. The third-order valence-electron chi connectivity index (χ3n) is 3.27. The molecule has 7 heteroatoms. The van der Waals surface area contributed by atoms with E-state index in [-0.39, 0.29) is 34.0 Å². The molecule has 1 N–H and O–H groups in total. The number of hydrogen-bond donors (Lipinski definition) is 1. The predicted molar refractivity (Wildman–Crippen MR) is 79.7 cm³/mol. The average Bonchev–Trinajstić information content (AvgIpc) is 2.32. The molecule has 21 heavy (non-hydrogen) atoms. The van der Waals surface area contributed by atoms with Gasteiger partial charge in [-0.25, -0.2) is 0 Å². The number of alkyl halides is 2. The molecule has 1 aliphatic rings. The quantitative estimate of drug-likeness (QED) is 0.840. The summed E-state index contributed by atoms with van der Waals surface area (Å²) >= 11 is 11.9. The van der Waals surface area contributed by atoms with Crippen molar-refractivity contribution in [3.63, 3.8) is 0 Å². The van der Waals surface area contributed by atoms with Crippen LogP contribution in [0.15, 0.2) is 12.1 Å². The van der Waals surface area contributed by atoms with E-state index in [9.17, 15) is 8.78 Å². The lowest BCUT2D eigenvalue weighted by Crippen LogP contribution is -2.36. The lowest BCUT2D eigenvalue weighted by Gasteiger charge is -2.33. The van der Waals surface area contributed by atoms with Crippen LogP contribution < -0.4 is 10.1 Å². The van der Waals surface area contributed by atoms with E-state index in [1.807, 2.05) is 13.8 Å². The van der Waals surface area contributed by atoms with Crippen molar-refractivity contribution >= 4 is 28.9 Å². The summed E-state index contributed by atoms with van der Waals surface area (Å²) in [5.41, 5.74) is 0.679. The first-order valence-electron chi connectivity index (χ1n) is 6.71. The van der Waals surface area contributed by atoms with Crippen molar-refractivity contribution in [3.8, 4) is 5.75 Å². The van der Waals surface area contributed by atoms with E-state index in [2.05, 4.69) is 10.1 Å². The molecule has 1 heterocycles. The SMILES string of the molecule is CC1CC(Nc2cc(Cl)c(OC(F)F)c(Cl)c2)CC(C)O1. The first kappa shape index (κ1) is 16.6. The molecule has 1 saturated heterocycles. The molecular weight excluding hydrogens is 323 g/mol. The van der Waals surface area contributed by atoms with E-state index in [1.54, 1.807) is 0 Å². The smallest absolute Gasteiger partial charge is 0.387 e. The molecule has 1 fully saturated rings. The minimum atomic E-state index is -2.96. The van der Waals surface area contributed by atoms with E-state index >= 15 is 0 Å². The zero-order valence-electron chi connectivity index (χ0n) is 11.7. The van der Waals surface area contributed by atoms with Gasteiger partial charge in [0.1, 0.15) is 0 Å². The van der Waals surface area contributed by atoms with Gasteiger partial charge < -0.3 is 14.8 Å². The summed E-state index contributed by atoms with van der Waals surface area (Å²) in [5, 5.41) is 3.42. The molecule has 0 radical (unpaired) electrons. The standard InChI is InChI=1S/C14H17Cl2F2NO2/c1-7-3-9(4-8(2)20-7)19-10-5-11(15)13(12(16)6-10)21-14(17)18/h5-9,14,19H,3-4H2,1-2H3. The number of hydrogen-bond acceptors (Lipinski definition) is 3. The van der Waals surface area contributed by atoms with Crippen molar-refractivity contribution in [1.29, 1.82) is 0 Å². The Kier molecular flexibility index (Phi) is 5.52. The first-order chi connectivity index (χ1) is 9.85. The van der Waals surface area contributed by atoms with Gasteiger partial charge in [-0.05, 0) is 38.8 Å². The van der Waals surface area contributed by atoms with Crippen LogP contribution in [0.4, 0.5) is 14.5 Å². The maximum Gasteiger partial charge on any atom is 0.387 e. The van der Waals surface area contributed by atoms with Gasteiger partial charge >= 0.3 is 6.61 Å². The average molecular weight is 340 g/mol. The Hall–Kier alpha value is -0.780. The highest BCUT2D eigenvalue weighted by Gasteiger charge is 2.24. The van der Waals surface area contributed by atoms with Crippen molar-refractivity contribution in [2.45, 2.75) is 51.6 Å². The van der Waals surface area contributed by atoms with Crippen LogP contribution in [0, 0.1) is 0 Å². The maximum absolute atomic E-state index is 12.3. The van der Waals surface area contributed by atoms with Crippen LogP contribution in [0.3, 0.4) is 0 Å². The van der Waals surface area contributed by atoms with Crippen LogP contribution in [0.2, 0.25) is 10.0 Å². The van der Waals surface area contributed by atoms with Crippen LogP contribution in [0.1, 0.15) is 26.7 Å². The molecule has 0 aliphatic carbocycles. The first-order valence-corrected chi connectivity index (χ1v) is 7.46. The molecule has 2 atom stereocenters. The van der Waals surface area contributed by atoms with Gasteiger partial charge in [-0.2, -0.15) is 8.78 Å². The van der Waals surface area contributed by atoms with Gasteiger partial charge in [0.15, 0.2) is 5.75 Å². The fraction of sp³-hybridized carbons (Fsp3) is 0.571. The highest BCUT2D eigenvalue weighted by molar-refractivity contribution is 6.37. The van der Waals surface area contributed by atoms with Crippen molar-refractivity contribution in [2.24, 2.45) is 0 Å². The molecule has 0 saturated carbocycles. The van der Waals surface area contributed by atoms with E-state index in [0.717, 1.165) is 12.8 Å². The van der Waals surface area contributed by atoms with Crippen LogP contribution in [0.5, 0.6) is 5.75 Å². The van der Waals surface area contributed by atoms with Gasteiger partial charge in [0.05, 0.1) is 22.3 Å². The summed E-state index contributed by atoms with van der Waals surface area (Å²) in [7, 11) is 0. The molecule has 1 aromatic carbocycles. The summed E-state index contributed by atoms with van der Waals surface area (Å²) in [4.78, 5) is 0. The minimum Gasteiger partial charge on any atom is -0.432 e. The summed E-state index contributed by atoms with van der Waals surface area (Å²) in [5.74, 6) is -0.201. The van der Waals surface area contributed by atoms with Crippen molar-refractivity contribution in [2.75, 3.05) is 5.32 Å². The van der Waals surface area contributed by atoms with Crippen LogP contribution in [0.25, 0.3) is 0 Å². The Bertz CT molecular complexity index is 469. The molecule has 3 nitrogen and oxygen atoms in total. The van der Waals surface area contributed by atoms with Crippen LogP contribution >= 0.6 is 23.2 Å². The summed E-state index contributed by atoms with van der Waals surface area (Å²) in [6.45, 7) is 1.07. The fourth-order valence-electron chi connectivity index (χ4n) is 2.60. The second-order valence-corrected chi connectivity index (χ2v) is 6.03. The largest absolute Gasteiger partial charge is 0.432 e. The molecule has 0 spiro atoms. The van der Waals surface area contributed by atoms with E-state index in [1.165, 1.54) is 12.1 Å². The molecule has 0 bridgehead atoms. The third kappa shape index (κ3) is 4.59. The summed E-state index contributed by atoms with van der Waals surface area (Å²) in [6, 6.07) is 3.30. The molecule has 1 aromatic rings. The fourth-order valence-corrected chi connectivity index (χ4v) is 3.18. The molecule has 1 aliphatic heterocycles. The highest BCUT2D eigenvalue weighted by atomic mass is 35.5. The van der Waals surface area contributed by atoms with Gasteiger partial charge in [-0.1, -0.05) is 23.2 Å². The van der Waals surface area contributed by atoms with Gasteiger partial charge in [0.25, 0.3) is 0 Å². The lowest BCUT2D eigenvalue weighted by molar-refractivity contribution is -0.0497. The van der Waals surface area contributed by atoms with Gasteiger partial charge in [-0.3, -0.25) is 0 Å². The number of ether oxygens (including phenoxy) is 2. The Morgan fingerprint density at radius 3 is 2.19 bits per heavy atom. The third-order valence-corrected chi connectivity index (χ3v) is 3.84. The number of halogens is 4. The number of rotatable bonds is 4. The predicted octanol–water partition coefficient (Wildman–Crippen LogP) is 4.96. The Labute approximate surface area is 132 Å². The van der Waals surface area contributed by atoms with E-state index < -0.39 is 6.61 Å². The Morgan fingerprint density at radius 2 is 1.71 bits per heavy atom. The molecule has 0 aromatic heterocycles. The van der Waals surface area contributed by atoms with Crippen molar-refractivity contribution in [1.82, 2.24) is 0 Å². The minimum absolute atomic E-state index is 0.0541. The van der Waals surface area contributed by atoms with Crippen LogP contribution in [-0.4, -0.2) is 24.9 Å². The number of benzene rings is 1. The monoisotopic (exact) mass is 339 g/mol. The maximum atomic E-state index is 12.3. The van der Waals surface area contributed by atoms with Gasteiger partial charge in [0, 0.05) is 11.7 Å². The Balaban J connectivity index is 2.10. The number of nitrogens with one attached hydrogen (secondary N) is 1.